The van der Waals surface area contributed by atoms with E-state index in [4.69, 9.17) is 10.5 Å². The lowest BCUT2D eigenvalue weighted by molar-refractivity contribution is -0.144. The molecule has 1 heterocycles. The maximum atomic E-state index is 12.4. The zero-order valence-corrected chi connectivity index (χ0v) is 13.7. The second-order valence-corrected chi connectivity index (χ2v) is 6.90. The van der Waals surface area contributed by atoms with Gasteiger partial charge in [-0.1, -0.05) is 13.8 Å². The smallest absolute Gasteiger partial charge is 0.251 e. The van der Waals surface area contributed by atoms with Crippen LogP contribution in [0.15, 0.2) is 0 Å². The number of rotatable bonds is 3. The lowest BCUT2D eigenvalue weighted by Crippen LogP contribution is -2.45. The number of hydrogen-bond acceptors (Lipinski definition) is 3. The van der Waals surface area contributed by atoms with E-state index >= 15 is 0 Å². The van der Waals surface area contributed by atoms with Gasteiger partial charge < -0.3 is 15.4 Å². The van der Waals surface area contributed by atoms with E-state index in [1.54, 1.807) is 0 Å². The van der Waals surface area contributed by atoms with Crippen LogP contribution in [0.5, 0.6) is 0 Å². The molecule has 2 fully saturated rings. The van der Waals surface area contributed by atoms with E-state index in [2.05, 4.69) is 13.8 Å². The molecule has 0 radical (unpaired) electrons. The average molecular weight is 305 g/mol. The van der Waals surface area contributed by atoms with Crippen LogP contribution in [0.1, 0.15) is 52.4 Å². The van der Waals surface area contributed by atoms with Crippen molar-refractivity contribution in [3.63, 3.8) is 0 Å². The highest BCUT2D eigenvalue weighted by molar-refractivity contribution is 5.85. The standard InChI is InChI=1S/C15H28N2O2.ClH/c1-15(2)8-6-11(7-9-15)17(3)14(18)13-5-4-12(10-16)19-13;/h11-13H,4-10,16H2,1-3H3;1H/t12-,13+;/m1./s1. The molecular formula is C15H29ClN2O2. The van der Waals surface area contributed by atoms with Crippen molar-refractivity contribution in [2.24, 2.45) is 11.1 Å². The Morgan fingerprint density at radius 3 is 2.35 bits per heavy atom. The van der Waals surface area contributed by atoms with Crippen LogP contribution in [0.25, 0.3) is 0 Å². The van der Waals surface area contributed by atoms with E-state index in [1.165, 1.54) is 12.8 Å². The summed E-state index contributed by atoms with van der Waals surface area (Å²) in [6.45, 7) is 5.15. The number of hydrogen-bond donors (Lipinski definition) is 1. The van der Waals surface area contributed by atoms with Gasteiger partial charge in [-0.2, -0.15) is 0 Å². The first-order chi connectivity index (χ1) is 8.93. The van der Waals surface area contributed by atoms with Crippen LogP contribution in [-0.4, -0.2) is 42.6 Å². The van der Waals surface area contributed by atoms with E-state index in [1.807, 2.05) is 11.9 Å². The molecule has 1 aliphatic heterocycles. The molecule has 2 rings (SSSR count). The van der Waals surface area contributed by atoms with Crippen molar-refractivity contribution in [3.8, 4) is 0 Å². The highest BCUT2D eigenvalue weighted by atomic mass is 35.5. The van der Waals surface area contributed by atoms with Crippen LogP contribution in [0, 0.1) is 5.41 Å². The minimum absolute atomic E-state index is 0. The lowest BCUT2D eigenvalue weighted by Gasteiger charge is -2.39. The maximum Gasteiger partial charge on any atom is 0.251 e. The predicted octanol–water partition coefficient (Wildman–Crippen LogP) is 2.34. The summed E-state index contributed by atoms with van der Waals surface area (Å²) in [5, 5.41) is 0. The van der Waals surface area contributed by atoms with Gasteiger partial charge in [0.1, 0.15) is 6.10 Å². The Balaban J connectivity index is 0.00000200. The molecular weight excluding hydrogens is 276 g/mol. The van der Waals surface area contributed by atoms with Crippen molar-refractivity contribution < 1.29 is 9.53 Å². The Bertz CT molecular complexity index is 326. The summed E-state index contributed by atoms with van der Waals surface area (Å²) >= 11 is 0. The first kappa shape index (κ1) is 17.7. The van der Waals surface area contributed by atoms with E-state index in [0.29, 0.717) is 18.0 Å². The van der Waals surface area contributed by atoms with Gasteiger partial charge in [0, 0.05) is 19.6 Å². The first-order valence-corrected chi connectivity index (χ1v) is 7.55. The van der Waals surface area contributed by atoms with Gasteiger partial charge in [-0.3, -0.25) is 4.79 Å². The second-order valence-electron chi connectivity index (χ2n) is 6.90. The van der Waals surface area contributed by atoms with Crippen LogP contribution >= 0.6 is 12.4 Å². The minimum atomic E-state index is -0.256. The Kier molecular flexibility index (Phi) is 6.29. The third-order valence-electron chi connectivity index (χ3n) is 4.85. The van der Waals surface area contributed by atoms with E-state index in [-0.39, 0.29) is 30.5 Å². The summed E-state index contributed by atoms with van der Waals surface area (Å²) in [7, 11) is 1.93. The number of nitrogens with two attached hydrogens (primary N) is 1. The molecule has 1 saturated heterocycles. The largest absolute Gasteiger partial charge is 0.364 e. The number of carbonyl (C=O) groups is 1. The van der Waals surface area contributed by atoms with Crippen LogP contribution in [0.2, 0.25) is 0 Å². The van der Waals surface area contributed by atoms with E-state index in [9.17, 15) is 4.79 Å². The zero-order valence-electron chi connectivity index (χ0n) is 12.9. The molecule has 1 saturated carbocycles. The molecule has 0 bridgehead atoms. The molecule has 2 N–H and O–H groups in total. The van der Waals surface area contributed by atoms with E-state index < -0.39 is 0 Å². The molecule has 0 spiro atoms. The van der Waals surface area contributed by atoms with Gasteiger partial charge in [0.15, 0.2) is 0 Å². The molecule has 1 aliphatic carbocycles. The van der Waals surface area contributed by atoms with Gasteiger partial charge >= 0.3 is 0 Å². The molecule has 2 atom stereocenters. The summed E-state index contributed by atoms with van der Waals surface area (Å²) < 4.78 is 5.71. The summed E-state index contributed by atoms with van der Waals surface area (Å²) in [6, 6.07) is 0.390. The summed E-state index contributed by atoms with van der Waals surface area (Å²) in [4.78, 5) is 14.4. The highest BCUT2D eigenvalue weighted by Crippen LogP contribution is 2.37. The average Bonchev–Trinajstić information content (AvgIpc) is 2.86. The molecule has 5 heteroatoms. The molecule has 20 heavy (non-hydrogen) atoms. The molecule has 0 unspecified atom stereocenters. The normalized spacial score (nSPS) is 29.8. The zero-order chi connectivity index (χ0) is 14.0. The number of likely N-dealkylation sites (N-methyl/N-ethyl adjacent to an activating group) is 1. The van der Waals surface area contributed by atoms with Gasteiger partial charge in [0.05, 0.1) is 6.10 Å². The van der Waals surface area contributed by atoms with Gasteiger partial charge in [0.25, 0.3) is 5.91 Å². The SMILES string of the molecule is CN(C(=O)[C@@H]1CC[C@H](CN)O1)C1CCC(C)(C)CC1.Cl. The molecule has 0 aromatic carbocycles. The number of halogens is 1. The number of ether oxygens (including phenoxy) is 1. The Hall–Kier alpha value is -0.320. The van der Waals surface area contributed by atoms with Gasteiger partial charge in [0.2, 0.25) is 0 Å². The minimum Gasteiger partial charge on any atom is -0.364 e. The van der Waals surface area contributed by atoms with Crippen molar-refractivity contribution in [1.82, 2.24) is 4.90 Å². The number of carbonyl (C=O) groups excluding carboxylic acids is 1. The third kappa shape index (κ3) is 4.09. The van der Waals surface area contributed by atoms with Crippen molar-refractivity contribution in [1.29, 1.82) is 0 Å². The highest BCUT2D eigenvalue weighted by Gasteiger charge is 2.36. The maximum absolute atomic E-state index is 12.4. The van der Waals surface area contributed by atoms with Crippen LogP contribution < -0.4 is 5.73 Å². The summed E-state index contributed by atoms with van der Waals surface area (Å²) in [6.07, 6.45) is 6.19. The van der Waals surface area contributed by atoms with Crippen LogP contribution in [0.3, 0.4) is 0 Å². The van der Waals surface area contributed by atoms with Crippen molar-refractivity contribution in [3.05, 3.63) is 0 Å². The molecule has 2 aliphatic rings. The summed E-state index contributed by atoms with van der Waals surface area (Å²) in [5.41, 5.74) is 6.03. The van der Waals surface area contributed by atoms with Crippen molar-refractivity contribution in [2.45, 2.75) is 70.6 Å². The number of nitrogens with zero attached hydrogens (tertiary/aromatic N) is 1. The second kappa shape index (κ2) is 7.10. The predicted molar refractivity (Wildman–Crippen MR) is 83.0 cm³/mol. The first-order valence-electron chi connectivity index (χ1n) is 7.55. The van der Waals surface area contributed by atoms with Crippen LogP contribution in [-0.2, 0) is 9.53 Å². The third-order valence-corrected chi connectivity index (χ3v) is 4.85. The van der Waals surface area contributed by atoms with Crippen molar-refractivity contribution >= 4 is 18.3 Å². The monoisotopic (exact) mass is 304 g/mol. The number of amides is 1. The van der Waals surface area contributed by atoms with Gasteiger partial charge in [-0.05, 0) is 43.9 Å². The van der Waals surface area contributed by atoms with Gasteiger partial charge in [-0.15, -0.1) is 12.4 Å². The molecule has 0 aromatic heterocycles. The van der Waals surface area contributed by atoms with Crippen molar-refractivity contribution in [2.75, 3.05) is 13.6 Å². The molecule has 0 aromatic rings. The topological polar surface area (TPSA) is 55.6 Å². The fourth-order valence-electron chi connectivity index (χ4n) is 3.24. The van der Waals surface area contributed by atoms with E-state index in [0.717, 1.165) is 25.7 Å². The van der Waals surface area contributed by atoms with Gasteiger partial charge in [-0.25, -0.2) is 0 Å². The molecule has 4 nitrogen and oxygen atoms in total. The fraction of sp³-hybridized carbons (Fsp3) is 0.933. The summed E-state index contributed by atoms with van der Waals surface area (Å²) in [5.74, 6) is 0.153. The lowest BCUT2D eigenvalue weighted by atomic mass is 9.75. The fourth-order valence-corrected chi connectivity index (χ4v) is 3.24. The quantitative estimate of drug-likeness (QED) is 0.871. The molecule has 1 amide bonds. The van der Waals surface area contributed by atoms with Crippen LogP contribution in [0.4, 0.5) is 0 Å². The Morgan fingerprint density at radius 1 is 1.25 bits per heavy atom. The Morgan fingerprint density at radius 2 is 1.85 bits per heavy atom. The Labute approximate surface area is 128 Å². The molecule has 118 valence electrons.